The number of carbonyl (C=O) groups excluding carboxylic acids is 2. The predicted molar refractivity (Wildman–Crippen MR) is 213 cm³/mol. The number of nitrogen functional groups attached to an aromatic ring is 1. The highest BCUT2D eigenvalue weighted by Crippen LogP contribution is 2.66. The molecule has 2 aliphatic heterocycles. The maximum Gasteiger partial charge on any atom is 0.490 e. The van der Waals surface area contributed by atoms with E-state index in [9.17, 15) is 58.0 Å². The molecule has 30 heteroatoms. The number of phenolic OH excluding ortho intramolecular Hbond substituents is 1. The molecule has 1 aliphatic carbocycles. The SMILES string of the molecule is Nc1ncnc2c1ncn2[C@@H]1O[C@H](COP(=O)(O)OP(=O)(O)OP(=O)(O)O)[C@@H](OC(=O)NCCNC(=O)c2ccc(-c3c4ccc(=O)cc-4oc4cc(O)ccc34)c(C(=O)O)c2)[C@H]1O. The zero-order valence-corrected chi connectivity index (χ0v) is 34.6. The number of aromatic hydroxyl groups is 1. The highest BCUT2D eigenvalue weighted by atomic mass is 31.3. The van der Waals surface area contributed by atoms with Gasteiger partial charge in [-0.3, -0.25) is 18.7 Å². The third-order valence-corrected chi connectivity index (χ3v) is 13.0. The summed E-state index contributed by atoms with van der Waals surface area (Å²) in [4.78, 5) is 99.9. The molecule has 338 valence electrons. The monoisotopic (exact) mass is 951 g/mol. The number of ether oxygens (including phenoxy) is 2. The fraction of sp³-hybridized carbons (Fsp3) is 0.206. The molecular weight excluding hydrogens is 919 g/mol. The number of anilines is 1. The van der Waals surface area contributed by atoms with Crippen molar-refractivity contribution in [2.24, 2.45) is 0 Å². The van der Waals surface area contributed by atoms with Gasteiger partial charge in [-0.1, -0.05) is 6.07 Å². The molecule has 2 aromatic heterocycles. The number of benzene rings is 3. The number of hydrogen-bond donors (Lipinski definition) is 10. The molecule has 4 aromatic rings. The van der Waals surface area contributed by atoms with Gasteiger partial charge in [-0.05, 0) is 42.0 Å². The van der Waals surface area contributed by atoms with Crippen LogP contribution in [0.1, 0.15) is 26.9 Å². The topological polar surface area (TPSA) is 414 Å². The van der Waals surface area contributed by atoms with Gasteiger partial charge in [0.15, 0.2) is 29.2 Å². The van der Waals surface area contributed by atoms with Crippen LogP contribution in [0.3, 0.4) is 0 Å². The lowest BCUT2D eigenvalue weighted by atomic mass is 9.90. The number of carboxylic acids is 1. The van der Waals surface area contributed by atoms with Crippen molar-refractivity contribution in [2.45, 2.75) is 24.5 Å². The Kier molecular flexibility index (Phi) is 12.7. The van der Waals surface area contributed by atoms with Crippen molar-refractivity contribution < 1.29 is 90.0 Å². The summed E-state index contributed by atoms with van der Waals surface area (Å²) in [7, 11) is -17.3. The molecule has 1 fully saturated rings. The highest BCUT2D eigenvalue weighted by Gasteiger charge is 2.50. The number of aromatic carboxylic acids is 1. The molecule has 0 saturated carbocycles. The van der Waals surface area contributed by atoms with Gasteiger partial charge in [0.1, 0.15) is 41.1 Å². The first-order chi connectivity index (χ1) is 30.1. The number of rotatable bonds is 15. The number of phosphoric ester groups is 1. The number of phosphoric acid groups is 3. The minimum atomic E-state index is -5.91. The number of nitrogens with zero attached hydrogens (tertiary/aromatic N) is 4. The number of nitrogens with two attached hydrogens (primary N) is 1. The molecular formula is C34H32N7O20P3. The summed E-state index contributed by atoms with van der Waals surface area (Å²) in [6, 6.07) is 12.0. The molecule has 11 N–H and O–H groups in total. The Balaban J connectivity index is 1.03. The Morgan fingerprint density at radius 1 is 0.891 bits per heavy atom. The van der Waals surface area contributed by atoms with Gasteiger partial charge < -0.3 is 65.2 Å². The van der Waals surface area contributed by atoms with Crippen LogP contribution in [0.4, 0.5) is 10.6 Å². The van der Waals surface area contributed by atoms with E-state index in [2.05, 4.69) is 38.7 Å². The number of imidazole rings is 1. The van der Waals surface area contributed by atoms with Crippen molar-refractivity contribution in [3.8, 4) is 28.2 Å². The average Bonchev–Trinajstić information content (AvgIpc) is 3.76. The number of alkyl carbamates (subject to hydrolysis) is 1. The maximum absolute atomic E-state index is 13.2. The standard InChI is InChI=1S/C34H32N7O20P3/c35-29-26-30(39-13-38-29)41(14-40-26)32-27(44)28(24(58-32)12-56-63(52,53)61-64(54,55)60-62(49,50)51)59-34(48)37-8-7-36-31(45)15-1-4-18(21(9-15)33(46)47)25-19-5-2-16(42)10-22(19)57-23-11-17(43)3-6-20(23)25/h1-6,9-11,13-14,24,27-28,32,42,44H,7-8,12H2,(H,36,45)(H,37,48)(H,46,47)(H,52,53)(H,54,55)(H2,35,38,39)(H2,49,50,51)/t24-,27-,28-,32-/m1/s1. The Morgan fingerprint density at radius 3 is 2.36 bits per heavy atom. The van der Waals surface area contributed by atoms with Gasteiger partial charge in [0.25, 0.3) is 5.91 Å². The second-order valence-corrected chi connectivity index (χ2v) is 17.9. The largest absolute Gasteiger partial charge is 0.508 e. The van der Waals surface area contributed by atoms with E-state index in [4.69, 9.17) is 29.4 Å². The van der Waals surface area contributed by atoms with Crippen molar-refractivity contribution in [1.82, 2.24) is 30.2 Å². The summed E-state index contributed by atoms with van der Waals surface area (Å²) in [6.45, 7) is -1.77. The maximum atomic E-state index is 13.2. The fourth-order valence-corrected chi connectivity index (χ4v) is 9.62. The van der Waals surface area contributed by atoms with E-state index in [0.29, 0.717) is 16.5 Å². The normalized spacial score (nSPS) is 19.6. The molecule has 2 unspecified atom stereocenters. The molecule has 2 amide bonds. The minimum absolute atomic E-state index is 0.0206. The number of carbonyl (C=O) groups is 3. The first-order valence-corrected chi connectivity index (χ1v) is 22.5. The third kappa shape index (κ3) is 10.1. The molecule has 27 nitrogen and oxygen atoms in total. The number of amides is 2. The molecule has 2 aromatic carbocycles. The Labute approximate surface area is 355 Å². The van der Waals surface area contributed by atoms with Crippen LogP contribution in [0, 0.1) is 0 Å². The van der Waals surface area contributed by atoms with Crippen LogP contribution in [-0.2, 0) is 36.3 Å². The molecule has 1 saturated heterocycles. The van der Waals surface area contributed by atoms with Crippen molar-refractivity contribution in [3.63, 3.8) is 0 Å². The van der Waals surface area contributed by atoms with Crippen LogP contribution in [0.2, 0.25) is 0 Å². The molecule has 64 heavy (non-hydrogen) atoms. The quantitative estimate of drug-likeness (QED) is 0.0398. The number of nitrogens with one attached hydrogen (secondary N) is 2. The van der Waals surface area contributed by atoms with E-state index in [0.717, 1.165) is 23.3 Å². The van der Waals surface area contributed by atoms with Gasteiger partial charge in [0.2, 0.25) is 0 Å². The van der Waals surface area contributed by atoms with E-state index >= 15 is 0 Å². The van der Waals surface area contributed by atoms with Crippen molar-refractivity contribution >= 4 is 69.4 Å². The van der Waals surface area contributed by atoms with E-state index in [1.54, 1.807) is 0 Å². The third-order valence-electron chi connectivity index (χ3n) is 9.17. The minimum Gasteiger partial charge on any atom is -0.508 e. The first kappa shape index (κ1) is 45.8. The van der Waals surface area contributed by atoms with Crippen LogP contribution in [-0.4, -0.2) is 110 Å². The molecule has 0 spiro atoms. The van der Waals surface area contributed by atoms with Crippen molar-refractivity contribution in [1.29, 1.82) is 0 Å². The zero-order chi connectivity index (χ0) is 46.3. The van der Waals surface area contributed by atoms with E-state index < -0.39 is 72.6 Å². The molecule has 4 heterocycles. The van der Waals surface area contributed by atoms with Gasteiger partial charge in [0, 0.05) is 47.3 Å². The van der Waals surface area contributed by atoms with E-state index in [-0.39, 0.29) is 69.3 Å². The molecule has 6 atom stereocenters. The summed E-state index contributed by atoms with van der Waals surface area (Å²) in [5, 5.41) is 36.8. The van der Waals surface area contributed by atoms with Gasteiger partial charge in [-0.15, -0.1) is 0 Å². The Morgan fingerprint density at radius 2 is 1.62 bits per heavy atom. The second kappa shape index (κ2) is 17.8. The van der Waals surface area contributed by atoms with Crippen LogP contribution < -0.4 is 21.8 Å². The number of aliphatic hydroxyl groups is 1. The lowest BCUT2D eigenvalue weighted by molar-refractivity contribution is -0.0508. The number of carboxylic acid groups (broad SMARTS) is 1. The molecule has 0 radical (unpaired) electrons. The summed E-state index contributed by atoms with van der Waals surface area (Å²) in [5.74, 6) is -2.27. The van der Waals surface area contributed by atoms with E-state index in [1.165, 1.54) is 48.5 Å². The second-order valence-electron chi connectivity index (χ2n) is 13.5. The van der Waals surface area contributed by atoms with Crippen molar-refractivity contribution in [2.75, 3.05) is 25.4 Å². The number of aliphatic hydroxyl groups excluding tert-OH is 1. The predicted octanol–water partition coefficient (Wildman–Crippen LogP) is 1.82. The van der Waals surface area contributed by atoms with Crippen molar-refractivity contribution in [3.05, 3.63) is 88.6 Å². The smallest absolute Gasteiger partial charge is 0.490 e. The fourth-order valence-electron chi connectivity index (χ4n) is 6.59. The molecule has 3 aliphatic rings. The van der Waals surface area contributed by atoms with E-state index in [1.807, 2.05) is 0 Å². The number of aromatic nitrogens is 4. The number of fused-ring (bicyclic) bond motifs is 3. The average molecular weight is 952 g/mol. The lowest BCUT2D eigenvalue weighted by Gasteiger charge is -2.22. The summed E-state index contributed by atoms with van der Waals surface area (Å²) in [5.41, 5.74) is 6.16. The van der Waals surface area contributed by atoms with Crippen LogP contribution >= 0.6 is 23.5 Å². The van der Waals surface area contributed by atoms with Gasteiger partial charge in [0.05, 0.1) is 18.5 Å². The van der Waals surface area contributed by atoms with Gasteiger partial charge in [-0.2, -0.15) is 8.62 Å². The first-order valence-electron chi connectivity index (χ1n) is 17.9. The summed E-state index contributed by atoms with van der Waals surface area (Å²) in [6.07, 6.45) is -5.90. The highest BCUT2D eigenvalue weighted by molar-refractivity contribution is 7.66. The van der Waals surface area contributed by atoms with Crippen LogP contribution in [0.25, 0.3) is 44.6 Å². The molecule has 7 rings (SSSR count). The van der Waals surface area contributed by atoms with Crippen LogP contribution in [0.15, 0.2) is 76.5 Å². The zero-order valence-electron chi connectivity index (χ0n) is 31.9. The number of phenols is 1. The van der Waals surface area contributed by atoms with Crippen LogP contribution in [0.5, 0.6) is 5.75 Å². The Hall–Kier alpha value is -6.18. The Bertz CT molecular complexity index is 3000. The lowest BCUT2D eigenvalue weighted by Crippen LogP contribution is -2.42. The van der Waals surface area contributed by atoms with Gasteiger partial charge in [-0.25, -0.2) is 38.2 Å². The number of hydrogen-bond acceptors (Lipinski definition) is 19. The molecule has 0 bridgehead atoms. The summed E-state index contributed by atoms with van der Waals surface area (Å²) >= 11 is 0. The summed E-state index contributed by atoms with van der Waals surface area (Å²) < 4.78 is 65.4. The van der Waals surface area contributed by atoms with Gasteiger partial charge >= 0.3 is 35.5 Å².